The summed E-state index contributed by atoms with van der Waals surface area (Å²) in [6, 6.07) is 12.9. The Morgan fingerprint density at radius 1 is 1.00 bits per heavy atom. The van der Waals surface area contributed by atoms with Crippen LogP contribution in [-0.4, -0.2) is 38.7 Å². The topological polar surface area (TPSA) is 129 Å². The van der Waals surface area contributed by atoms with E-state index in [0.29, 0.717) is 27.9 Å². The molecule has 0 saturated heterocycles. The molecule has 43 heavy (non-hydrogen) atoms. The van der Waals surface area contributed by atoms with Crippen LogP contribution in [0.1, 0.15) is 38.8 Å². The van der Waals surface area contributed by atoms with E-state index < -0.39 is 26.8 Å². The van der Waals surface area contributed by atoms with Gasteiger partial charge in [0, 0.05) is 24.2 Å². The Bertz CT molecular complexity index is 2110. The van der Waals surface area contributed by atoms with Gasteiger partial charge >= 0.3 is 0 Å². The third-order valence-electron chi connectivity index (χ3n) is 7.32. The Hall–Kier alpha value is -4.71. The lowest BCUT2D eigenvalue weighted by atomic mass is 9.86. The number of anilines is 2. The van der Waals surface area contributed by atoms with Crippen molar-refractivity contribution in [1.29, 1.82) is 0 Å². The Balaban J connectivity index is 1.57. The number of aryl methyl sites for hydroxylation is 1. The van der Waals surface area contributed by atoms with Crippen molar-refractivity contribution in [1.82, 2.24) is 24.5 Å². The van der Waals surface area contributed by atoms with Crippen molar-refractivity contribution >= 4 is 32.1 Å². The average Bonchev–Trinajstić information content (AvgIpc) is 2.95. The van der Waals surface area contributed by atoms with Gasteiger partial charge in [0.2, 0.25) is 0 Å². The molecule has 5 rings (SSSR count). The number of nitrogens with one attached hydrogen (secondary N) is 1. The molecular weight excluding hydrogens is 571 g/mol. The molecule has 0 spiro atoms. The molecule has 0 saturated carbocycles. The van der Waals surface area contributed by atoms with Crippen LogP contribution in [0.4, 0.5) is 15.9 Å². The van der Waals surface area contributed by atoms with Gasteiger partial charge in [-0.15, -0.1) is 0 Å². The van der Waals surface area contributed by atoms with Crippen molar-refractivity contribution in [3.8, 4) is 16.9 Å². The quantitative estimate of drug-likeness (QED) is 0.293. The third-order valence-corrected chi connectivity index (χ3v) is 9.04. The molecule has 3 aromatic heterocycles. The second-order valence-electron chi connectivity index (χ2n) is 11.3. The fourth-order valence-corrected chi connectivity index (χ4v) is 5.56. The van der Waals surface area contributed by atoms with Crippen LogP contribution in [0.5, 0.6) is 0 Å². The molecule has 3 heterocycles. The second kappa shape index (κ2) is 10.8. The van der Waals surface area contributed by atoms with E-state index in [9.17, 15) is 18.0 Å². The minimum absolute atomic E-state index is 0.0511. The molecule has 10 nitrogen and oxygen atoms in total. The smallest absolute Gasteiger partial charge is 0.290 e. The van der Waals surface area contributed by atoms with Crippen LogP contribution >= 0.6 is 0 Å². The summed E-state index contributed by atoms with van der Waals surface area (Å²) in [4.78, 5) is 30.7. The van der Waals surface area contributed by atoms with Gasteiger partial charge < -0.3 is 5.32 Å². The molecule has 0 aliphatic carbocycles. The highest BCUT2D eigenvalue weighted by Gasteiger charge is 2.20. The lowest BCUT2D eigenvalue weighted by molar-refractivity contribution is 0.576. The van der Waals surface area contributed by atoms with Crippen molar-refractivity contribution in [2.45, 2.75) is 44.9 Å². The molecule has 1 N–H and O–H groups in total. The molecule has 222 valence electrons. The van der Waals surface area contributed by atoms with Crippen LogP contribution in [0.2, 0.25) is 0 Å². The number of benzene rings is 2. The average molecular weight is 603 g/mol. The van der Waals surface area contributed by atoms with E-state index in [1.54, 1.807) is 44.2 Å². The van der Waals surface area contributed by atoms with Crippen molar-refractivity contribution in [3.63, 3.8) is 0 Å². The first-order valence-electron chi connectivity index (χ1n) is 13.6. The first kappa shape index (κ1) is 29.8. The van der Waals surface area contributed by atoms with Gasteiger partial charge in [-0.2, -0.15) is 14.9 Å². The Morgan fingerprint density at radius 3 is 2.40 bits per heavy atom. The second-order valence-corrected chi connectivity index (χ2v) is 13.5. The number of hydrogen-bond acceptors (Lipinski definition) is 8. The zero-order valence-electron chi connectivity index (χ0n) is 24.6. The van der Waals surface area contributed by atoms with E-state index >= 15 is 4.39 Å². The predicted molar refractivity (Wildman–Crippen MR) is 164 cm³/mol. The van der Waals surface area contributed by atoms with Crippen LogP contribution in [-0.2, 0) is 22.3 Å². The normalized spacial score (nSPS) is 12.1. The number of halogens is 1. The molecule has 0 aliphatic heterocycles. The largest absolute Gasteiger partial charge is 0.336 e. The minimum Gasteiger partial charge on any atom is -0.336 e. The predicted octanol–water partition coefficient (Wildman–Crippen LogP) is 4.82. The Kier molecular flexibility index (Phi) is 7.51. The third kappa shape index (κ3) is 5.57. The minimum atomic E-state index is -3.42. The van der Waals surface area contributed by atoms with Gasteiger partial charge in [0.1, 0.15) is 17.3 Å². The fraction of sp³-hybridized carbons (Fsp3) is 0.258. The van der Waals surface area contributed by atoms with E-state index in [2.05, 4.69) is 20.5 Å². The summed E-state index contributed by atoms with van der Waals surface area (Å²) in [6.07, 6.45) is 2.72. The van der Waals surface area contributed by atoms with Crippen molar-refractivity contribution in [2.24, 2.45) is 7.05 Å². The summed E-state index contributed by atoms with van der Waals surface area (Å²) in [5.74, 6) is -0.387. The molecule has 0 unspecified atom stereocenters. The maximum atomic E-state index is 15.3. The molecule has 0 amide bonds. The molecule has 2 aromatic carbocycles. The summed E-state index contributed by atoms with van der Waals surface area (Å²) in [6.45, 7) is 9.25. The number of aromatic nitrogens is 5. The zero-order chi connectivity index (χ0) is 31.3. The van der Waals surface area contributed by atoms with Crippen LogP contribution in [0, 0.1) is 12.7 Å². The van der Waals surface area contributed by atoms with Gasteiger partial charge in [-0.25, -0.2) is 22.5 Å². The zero-order valence-corrected chi connectivity index (χ0v) is 25.5. The number of fused-ring (bicyclic) bond motifs is 1. The summed E-state index contributed by atoms with van der Waals surface area (Å²) in [5.41, 5.74) is 1.70. The van der Waals surface area contributed by atoms with Crippen molar-refractivity contribution < 1.29 is 12.8 Å². The maximum absolute atomic E-state index is 15.3. The van der Waals surface area contributed by atoms with Crippen LogP contribution in [0.15, 0.2) is 75.4 Å². The number of nitrogens with zero attached hydrogens (tertiary/aromatic N) is 5. The van der Waals surface area contributed by atoms with E-state index in [0.717, 1.165) is 10.2 Å². The van der Waals surface area contributed by atoms with Crippen LogP contribution < -0.4 is 16.4 Å². The molecule has 0 bridgehead atoms. The number of pyridine rings is 1. The number of rotatable bonds is 6. The summed E-state index contributed by atoms with van der Waals surface area (Å²) >= 11 is 0. The van der Waals surface area contributed by atoms with E-state index in [4.69, 9.17) is 0 Å². The van der Waals surface area contributed by atoms with Gasteiger partial charge in [0.15, 0.2) is 9.84 Å². The number of sulfone groups is 1. The Morgan fingerprint density at radius 2 is 1.74 bits per heavy atom. The van der Waals surface area contributed by atoms with Crippen LogP contribution in [0.3, 0.4) is 0 Å². The number of hydrogen-bond donors (Lipinski definition) is 1. The first-order valence-corrected chi connectivity index (χ1v) is 15.2. The molecule has 0 fully saturated rings. The Labute approximate surface area is 247 Å². The summed E-state index contributed by atoms with van der Waals surface area (Å²) in [5, 5.41) is 12.1. The molecule has 0 radical (unpaired) electrons. The highest BCUT2D eigenvalue weighted by atomic mass is 32.2. The lowest BCUT2D eigenvalue weighted by Crippen LogP contribution is -2.24. The molecule has 0 atom stereocenters. The monoisotopic (exact) mass is 602 g/mol. The van der Waals surface area contributed by atoms with Crippen LogP contribution in [0.25, 0.3) is 27.7 Å². The highest BCUT2D eigenvalue weighted by Crippen LogP contribution is 2.29. The fourth-order valence-electron chi connectivity index (χ4n) is 4.74. The van der Waals surface area contributed by atoms with Crippen molar-refractivity contribution in [2.75, 3.05) is 11.1 Å². The van der Waals surface area contributed by atoms with Gasteiger partial charge in [-0.1, -0.05) is 39.8 Å². The summed E-state index contributed by atoms with van der Waals surface area (Å²) < 4.78 is 41.8. The SMILES string of the molecule is CCS(=O)(=O)c1ccc(Nc2cc(-c3cccc(-n4ncc5cc(C(C)(C)C)cc(F)c5c4=O)c3C)nn(C)c2=O)nc1. The first-order chi connectivity index (χ1) is 20.2. The maximum Gasteiger partial charge on any atom is 0.290 e. The molecule has 5 aromatic rings. The van der Waals surface area contributed by atoms with Gasteiger partial charge in [-0.3, -0.25) is 9.59 Å². The standard InChI is InChI=1S/C31H31FN6O4S/c1-7-43(41,42)21-11-12-27(33-17-21)35-25-15-24(36-37(6)29(25)39)22-9-8-10-26(18(22)2)38-30(40)28-19(16-34-38)13-20(14-23(28)32)31(3,4)5/h8-17H,7H2,1-6H3,(H,33,35). The molecule has 0 aliphatic rings. The van der Waals surface area contributed by atoms with Crippen molar-refractivity contribution in [3.05, 3.63) is 98.6 Å². The van der Waals surface area contributed by atoms with E-state index in [-0.39, 0.29) is 33.0 Å². The van der Waals surface area contributed by atoms with Gasteiger partial charge in [0.05, 0.1) is 33.6 Å². The lowest BCUT2D eigenvalue weighted by Gasteiger charge is -2.20. The van der Waals surface area contributed by atoms with Gasteiger partial charge in [-0.05, 0) is 59.9 Å². The summed E-state index contributed by atoms with van der Waals surface area (Å²) in [7, 11) is -1.91. The van der Waals surface area contributed by atoms with E-state index in [1.807, 2.05) is 20.8 Å². The molecule has 12 heteroatoms. The van der Waals surface area contributed by atoms with E-state index in [1.165, 1.54) is 42.3 Å². The molecular formula is C31H31FN6O4S. The van der Waals surface area contributed by atoms with Gasteiger partial charge in [0.25, 0.3) is 11.1 Å². The highest BCUT2D eigenvalue weighted by molar-refractivity contribution is 7.91.